The summed E-state index contributed by atoms with van der Waals surface area (Å²) in [7, 11) is 0. The molecule has 0 unspecified atom stereocenters. The molecule has 1 nitrogen and oxygen atoms in total. The molecular formula is C7H3BF4N-. The summed E-state index contributed by atoms with van der Waals surface area (Å²) in [5, 5.41) is 8.26. The molecule has 0 aliphatic carbocycles. The van der Waals surface area contributed by atoms with E-state index in [0.29, 0.717) is 6.07 Å². The number of halogens is 4. The van der Waals surface area contributed by atoms with Crippen LogP contribution in [0.15, 0.2) is 18.2 Å². The van der Waals surface area contributed by atoms with Crippen LogP contribution in [0.1, 0.15) is 5.56 Å². The summed E-state index contributed by atoms with van der Waals surface area (Å²) in [6, 6.07) is 3.97. The monoisotopic (exact) mass is 188 g/mol. The summed E-state index contributed by atoms with van der Waals surface area (Å²) in [4.78, 5) is 0. The largest absolute Gasteiger partial charge is 0.512 e. The minimum Gasteiger partial charge on any atom is -0.445 e. The third kappa shape index (κ3) is 1.80. The van der Waals surface area contributed by atoms with E-state index in [1.807, 2.05) is 0 Å². The summed E-state index contributed by atoms with van der Waals surface area (Å²) in [5.74, 6) is -1.49. The van der Waals surface area contributed by atoms with Crippen molar-refractivity contribution in [1.82, 2.24) is 0 Å². The first kappa shape index (κ1) is 9.58. The molecule has 0 aliphatic heterocycles. The van der Waals surface area contributed by atoms with Gasteiger partial charge in [0.1, 0.15) is 11.9 Å². The van der Waals surface area contributed by atoms with Gasteiger partial charge in [0, 0.05) is 0 Å². The van der Waals surface area contributed by atoms with Gasteiger partial charge >= 0.3 is 6.98 Å². The van der Waals surface area contributed by atoms with Crippen LogP contribution >= 0.6 is 0 Å². The standard InChI is InChI=1S/C7H3BF4N/c9-7-5(4-13)2-1-3-6(7)8(10,11)12/h1-3H/q-1. The Kier molecular flexibility index (Phi) is 2.28. The lowest BCUT2D eigenvalue weighted by molar-refractivity contribution is 0.494. The van der Waals surface area contributed by atoms with Crippen molar-refractivity contribution in [3.8, 4) is 6.07 Å². The fraction of sp³-hybridized carbons (Fsp3) is 0. The Morgan fingerprint density at radius 1 is 1.23 bits per heavy atom. The van der Waals surface area contributed by atoms with E-state index in [4.69, 9.17) is 5.26 Å². The second-order valence-electron chi connectivity index (χ2n) is 2.40. The Bertz CT molecular complexity index is 366. The SMILES string of the molecule is N#Cc1cccc([B-](F)(F)F)c1F. The highest BCUT2D eigenvalue weighted by Crippen LogP contribution is 2.13. The third-order valence-corrected chi connectivity index (χ3v) is 1.50. The van der Waals surface area contributed by atoms with E-state index >= 15 is 0 Å². The van der Waals surface area contributed by atoms with Gasteiger partial charge in [0.05, 0.1) is 5.56 Å². The average Bonchev–Trinajstić information content (AvgIpc) is 2.02. The quantitative estimate of drug-likeness (QED) is 0.486. The number of nitriles is 1. The molecule has 0 N–H and O–H groups in total. The Hall–Kier alpha value is -1.51. The smallest absolute Gasteiger partial charge is 0.445 e. The van der Waals surface area contributed by atoms with Crippen molar-refractivity contribution in [3.63, 3.8) is 0 Å². The van der Waals surface area contributed by atoms with Crippen LogP contribution in [0.5, 0.6) is 0 Å². The molecule has 0 bridgehead atoms. The molecule has 0 radical (unpaired) electrons. The molecule has 13 heavy (non-hydrogen) atoms. The lowest BCUT2D eigenvalue weighted by atomic mass is 9.79. The van der Waals surface area contributed by atoms with E-state index in [2.05, 4.69) is 0 Å². The highest BCUT2D eigenvalue weighted by molar-refractivity contribution is 6.73. The Morgan fingerprint density at radius 2 is 1.85 bits per heavy atom. The molecule has 1 aromatic rings. The molecule has 0 saturated heterocycles. The maximum absolute atomic E-state index is 12.8. The average molecular weight is 188 g/mol. The van der Waals surface area contributed by atoms with Gasteiger partial charge in [-0.15, -0.1) is 0 Å². The molecule has 0 heterocycles. The molecule has 0 atom stereocenters. The maximum Gasteiger partial charge on any atom is 0.512 e. The van der Waals surface area contributed by atoms with Gasteiger partial charge in [-0.1, -0.05) is 17.6 Å². The van der Waals surface area contributed by atoms with Gasteiger partial charge in [-0.3, -0.25) is 0 Å². The molecule has 1 rings (SSSR count). The van der Waals surface area contributed by atoms with Gasteiger partial charge < -0.3 is 12.9 Å². The van der Waals surface area contributed by atoms with Crippen LogP contribution in [0.2, 0.25) is 0 Å². The fourth-order valence-corrected chi connectivity index (χ4v) is 0.889. The van der Waals surface area contributed by atoms with Crippen molar-refractivity contribution in [2.24, 2.45) is 0 Å². The molecule has 0 aromatic heterocycles. The first-order valence-corrected chi connectivity index (χ1v) is 3.35. The first-order valence-electron chi connectivity index (χ1n) is 3.35. The highest BCUT2D eigenvalue weighted by atomic mass is 19.4. The molecule has 0 aliphatic rings. The van der Waals surface area contributed by atoms with Crippen LogP contribution in [0.3, 0.4) is 0 Å². The van der Waals surface area contributed by atoms with Gasteiger partial charge in [-0.05, 0) is 6.07 Å². The van der Waals surface area contributed by atoms with E-state index in [0.717, 1.165) is 12.1 Å². The van der Waals surface area contributed by atoms with Crippen LogP contribution in [0.25, 0.3) is 0 Å². The van der Waals surface area contributed by atoms with Crippen LogP contribution in [0, 0.1) is 17.1 Å². The van der Waals surface area contributed by atoms with Gasteiger partial charge in [0.25, 0.3) is 0 Å². The van der Waals surface area contributed by atoms with E-state index in [1.54, 1.807) is 0 Å². The summed E-state index contributed by atoms with van der Waals surface area (Å²) in [6.45, 7) is -5.38. The predicted molar refractivity (Wildman–Crippen MR) is 39.8 cm³/mol. The highest BCUT2D eigenvalue weighted by Gasteiger charge is 2.29. The minimum atomic E-state index is -5.38. The number of benzene rings is 1. The lowest BCUT2D eigenvalue weighted by Crippen LogP contribution is -2.37. The Morgan fingerprint density at radius 3 is 2.31 bits per heavy atom. The topological polar surface area (TPSA) is 23.8 Å². The number of nitrogens with zero attached hydrogens (tertiary/aromatic N) is 1. The first-order chi connectivity index (χ1) is 5.96. The molecule has 6 heteroatoms. The molecular weight excluding hydrogens is 185 g/mol. The van der Waals surface area contributed by atoms with Gasteiger partial charge in [0.2, 0.25) is 0 Å². The second kappa shape index (κ2) is 3.09. The van der Waals surface area contributed by atoms with E-state index in [-0.39, 0.29) is 0 Å². The Balaban J connectivity index is 3.34. The zero-order valence-electron chi connectivity index (χ0n) is 6.27. The molecule has 0 fully saturated rings. The zero-order chi connectivity index (χ0) is 10.1. The molecule has 0 saturated carbocycles. The minimum absolute atomic E-state index is 0.586. The van der Waals surface area contributed by atoms with Crippen LogP contribution in [-0.4, -0.2) is 6.98 Å². The Labute approximate surface area is 71.7 Å². The normalized spacial score (nSPS) is 11.0. The summed E-state index contributed by atoms with van der Waals surface area (Å²) < 4.78 is 49.1. The van der Waals surface area contributed by atoms with Crippen molar-refractivity contribution in [2.45, 2.75) is 0 Å². The van der Waals surface area contributed by atoms with Gasteiger partial charge in [-0.25, -0.2) is 4.39 Å². The van der Waals surface area contributed by atoms with Gasteiger partial charge in [0.15, 0.2) is 0 Å². The molecule has 68 valence electrons. The summed E-state index contributed by atoms with van der Waals surface area (Å²) in [6.07, 6.45) is 0. The van der Waals surface area contributed by atoms with E-state index in [1.165, 1.54) is 6.07 Å². The number of hydrogen-bond acceptors (Lipinski definition) is 1. The maximum atomic E-state index is 12.8. The van der Waals surface area contributed by atoms with E-state index in [9.17, 15) is 17.3 Å². The lowest BCUT2D eigenvalue weighted by Gasteiger charge is -2.15. The number of hydrogen-bond donors (Lipinski definition) is 0. The molecule has 0 amide bonds. The fourth-order valence-electron chi connectivity index (χ4n) is 0.889. The van der Waals surface area contributed by atoms with Crippen LogP contribution in [-0.2, 0) is 0 Å². The summed E-state index contributed by atoms with van der Waals surface area (Å²) in [5.41, 5.74) is -1.93. The van der Waals surface area contributed by atoms with Crippen molar-refractivity contribution in [1.29, 1.82) is 5.26 Å². The van der Waals surface area contributed by atoms with Crippen LogP contribution in [0.4, 0.5) is 17.3 Å². The van der Waals surface area contributed by atoms with Crippen molar-refractivity contribution >= 4 is 12.4 Å². The third-order valence-electron chi connectivity index (χ3n) is 1.50. The number of rotatable bonds is 1. The van der Waals surface area contributed by atoms with Crippen LogP contribution < -0.4 is 5.46 Å². The molecule has 0 spiro atoms. The predicted octanol–water partition coefficient (Wildman–Crippen LogP) is 1.75. The van der Waals surface area contributed by atoms with E-state index < -0.39 is 23.8 Å². The summed E-state index contributed by atoms with van der Waals surface area (Å²) >= 11 is 0. The molecule has 1 aromatic carbocycles. The van der Waals surface area contributed by atoms with Gasteiger partial charge in [-0.2, -0.15) is 5.26 Å². The van der Waals surface area contributed by atoms with Crippen molar-refractivity contribution < 1.29 is 17.3 Å². The van der Waals surface area contributed by atoms with Crippen molar-refractivity contribution in [3.05, 3.63) is 29.6 Å². The zero-order valence-corrected chi connectivity index (χ0v) is 6.27. The van der Waals surface area contributed by atoms with Crippen molar-refractivity contribution in [2.75, 3.05) is 0 Å². The second-order valence-corrected chi connectivity index (χ2v) is 2.40.